The zero-order valence-corrected chi connectivity index (χ0v) is 43.5. The van der Waals surface area contributed by atoms with E-state index in [-0.39, 0.29) is 13.0 Å². The summed E-state index contributed by atoms with van der Waals surface area (Å²) in [5, 5.41) is 50.3. The van der Waals surface area contributed by atoms with E-state index in [1.165, 1.54) is 77.0 Å². The molecule has 13 heteroatoms. The van der Waals surface area contributed by atoms with Crippen LogP contribution >= 0.6 is 7.82 Å². The molecule has 0 amide bonds. The number of ether oxygens (including phenoxy) is 2. The van der Waals surface area contributed by atoms with Gasteiger partial charge in [-0.1, -0.05) is 188 Å². The van der Waals surface area contributed by atoms with Crippen LogP contribution < -0.4 is 0 Å². The van der Waals surface area contributed by atoms with E-state index in [4.69, 9.17) is 18.5 Å². The lowest BCUT2D eigenvalue weighted by Crippen LogP contribution is -2.64. The van der Waals surface area contributed by atoms with E-state index in [9.17, 15) is 39.8 Å². The van der Waals surface area contributed by atoms with Crippen molar-refractivity contribution < 1.29 is 58.3 Å². The first-order chi connectivity index (χ1) is 33.5. The highest BCUT2D eigenvalue weighted by atomic mass is 31.2. The molecule has 0 radical (unpaired) electrons. The van der Waals surface area contributed by atoms with Gasteiger partial charge in [-0.3, -0.25) is 13.8 Å². The standard InChI is InChI=1S/C56H95O12P/c1-3-5-7-9-11-13-15-17-19-21-23-24-25-26-27-29-31-33-35-37-39-41-43-45-50(57)67-49(48-66-69(63,64)68-56-54(61)52(59)51(58)53(60)55(56)62)47-65-46-44-42-40-38-36-34-32-30-28-22-20-18-16-14-12-10-8-6-4-2/h5,7,11,13,17,19-20,22-24,26-27,31,33,37,39,49,51-56,58-62H,3-4,6,8-10,12,14-16,18,21,25,28-30,32,34-36,38,40-48H2,1-2H3,(H,63,64)/b7-5-,13-11-,19-17-,22-20-,24-23-,27-26-,33-31-,39-37-. The van der Waals surface area contributed by atoms with E-state index in [0.717, 1.165) is 77.0 Å². The van der Waals surface area contributed by atoms with Crippen LogP contribution in [0.15, 0.2) is 97.2 Å². The van der Waals surface area contributed by atoms with Gasteiger partial charge in [0.05, 0.1) is 13.2 Å². The third-order valence-corrected chi connectivity index (χ3v) is 12.7. The van der Waals surface area contributed by atoms with Crippen molar-refractivity contribution in [3.05, 3.63) is 97.2 Å². The van der Waals surface area contributed by atoms with Crippen molar-refractivity contribution in [3.63, 3.8) is 0 Å². The minimum Gasteiger partial charge on any atom is -0.457 e. The number of phosphoric ester groups is 1. The van der Waals surface area contributed by atoms with E-state index in [0.29, 0.717) is 19.4 Å². The molecule has 1 rings (SSSR count). The van der Waals surface area contributed by atoms with E-state index < -0.39 is 63.1 Å². The van der Waals surface area contributed by atoms with Crippen LogP contribution in [-0.4, -0.2) is 98.9 Å². The molecule has 12 nitrogen and oxygen atoms in total. The van der Waals surface area contributed by atoms with Crippen LogP contribution in [0.4, 0.5) is 0 Å². The fraction of sp³-hybridized carbons (Fsp3) is 0.696. The first kappa shape index (κ1) is 64.3. The largest absolute Gasteiger partial charge is 0.472 e. The van der Waals surface area contributed by atoms with Gasteiger partial charge in [0.2, 0.25) is 0 Å². The first-order valence-corrected chi connectivity index (χ1v) is 28.1. The lowest BCUT2D eigenvalue weighted by molar-refractivity contribution is -0.220. The summed E-state index contributed by atoms with van der Waals surface area (Å²) in [6.07, 6.45) is 50.5. The third-order valence-electron chi connectivity index (χ3n) is 11.7. The Labute approximate surface area is 417 Å². The number of carbonyl (C=O) groups is 1. The van der Waals surface area contributed by atoms with Crippen LogP contribution in [-0.2, 0) is 27.9 Å². The monoisotopic (exact) mass is 991 g/mol. The molecule has 1 aliphatic carbocycles. The Morgan fingerprint density at radius 2 is 0.855 bits per heavy atom. The van der Waals surface area contributed by atoms with Gasteiger partial charge in [-0.15, -0.1) is 0 Å². The van der Waals surface area contributed by atoms with Gasteiger partial charge in [0, 0.05) is 13.0 Å². The van der Waals surface area contributed by atoms with Crippen LogP contribution in [0.3, 0.4) is 0 Å². The summed E-state index contributed by atoms with van der Waals surface area (Å²) in [5.41, 5.74) is 0. The topological polar surface area (TPSA) is 192 Å². The summed E-state index contributed by atoms with van der Waals surface area (Å²) in [7, 11) is -5.05. The molecule has 6 unspecified atom stereocenters. The maximum atomic E-state index is 12.9. The minimum absolute atomic E-state index is 0.0998. The molecule has 0 aromatic rings. The zero-order valence-electron chi connectivity index (χ0n) is 42.6. The number of carbonyl (C=O) groups excluding carboxylic acids is 1. The molecule has 6 N–H and O–H groups in total. The highest BCUT2D eigenvalue weighted by Crippen LogP contribution is 2.47. The van der Waals surface area contributed by atoms with Gasteiger partial charge in [-0.25, -0.2) is 4.57 Å². The van der Waals surface area contributed by atoms with E-state index in [1.54, 1.807) is 0 Å². The molecule has 1 aliphatic rings. The number of phosphoric acid groups is 1. The molecule has 396 valence electrons. The number of esters is 1. The van der Waals surface area contributed by atoms with Crippen molar-refractivity contribution in [2.45, 2.75) is 230 Å². The predicted octanol–water partition coefficient (Wildman–Crippen LogP) is 12.3. The quantitative estimate of drug-likeness (QED) is 0.0147. The molecule has 0 spiro atoms. The lowest BCUT2D eigenvalue weighted by Gasteiger charge is -2.41. The van der Waals surface area contributed by atoms with E-state index in [2.05, 4.69) is 98.9 Å². The Balaban J connectivity index is 2.40. The van der Waals surface area contributed by atoms with Gasteiger partial charge in [0.15, 0.2) is 0 Å². The maximum absolute atomic E-state index is 12.9. The smallest absolute Gasteiger partial charge is 0.457 e. The first-order valence-electron chi connectivity index (χ1n) is 26.6. The van der Waals surface area contributed by atoms with Crippen molar-refractivity contribution in [2.75, 3.05) is 19.8 Å². The lowest BCUT2D eigenvalue weighted by atomic mass is 9.85. The second-order valence-electron chi connectivity index (χ2n) is 18.0. The van der Waals surface area contributed by atoms with Crippen LogP contribution in [0.5, 0.6) is 0 Å². The summed E-state index contributed by atoms with van der Waals surface area (Å²) in [5.74, 6) is -0.538. The van der Waals surface area contributed by atoms with E-state index >= 15 is 0 Å². The number of hydrogen-bond acceptors (Lipinski definition) is 11. The molecule has 0 heterocycles. The average molecular weight is 991 g/mol. The number of aliphatic hydroxyl groups is 5. The van der Waals surface area contributed by atoms with Crippen molar-refractivity contribution in [1.29, 1.82) is 0 Å². The van der Waals surface area contributed by atoms with Crippen LogP contribution in [0.25, 0.3) is 0 Å². The van der Waals surface area contributed by atoms with Gasteiger partial charge in [-0.2, -0.15) is 0 Å². The normalized spacial score (nSPS) is 21.8. The molecule has 1 fully saturated rings. The second kappa shape index (κ2) is 45.1. The number of aliphatic hydroxyl groups excluding tert-OH is 5. The second-order valence-corrected chi connectivity index (χ2v) is 19.4. The molecule has 0 aromatic carbocycles. The van der Waals surface area contributed by atoms with Crippen molar-refractivity contribution in [3.8, 4) is 0 Å². The van der Waals surface area contributed by atoms with Crippen molar-refractivity contribution >= 4 is 13.8 Å². The summed E-state index contributed by atoms with van der Waals surface area (Å²) < 4.78 is 34.3. The van der Waals surface area contributed by atoms with Gasteiger partial charge >= 0.3 is 13.8 Å². The maximum Gasteiger partial charge on any atom is 0.472 e. The van der Waals surface area contributed by atoms with Crippen LogP contribution in [0, 0.1) is 0 Å². The Morgan fingerprint density at radius 1 is 0.478 bits per heavy atom. The van der Waals surface area contributed by atoms with Crippen molar-refractivity contribution in [2.24, 2.45) is 0 Å². The molecule has 0 bridgehead atoms. The molecular formula is C56H95O12P. The molecule has 0 saturated heterocycles. The van der Waals surface area contributed by atoms with Gasteiger partial charge in [-0.05, 0) is 89.9 Å². The number of hydrogen-bond donors (Lipinski definition) is 6. The Morgan fingerprint density at radius 3 is 1.32 bits per heavy atom. The van der Waals surface area contributed by atoms with Crippen LogP contribution in [0.1, 0.15) is 187 Å². The van der Waals surface area contributed by atoms with Crippen molar-refractivity contribution in [1.82, 2.24) is 0 Å². The fourth-order valence-corrected chi connectivity index (χ4v) is 8.49. The molecule has 1 saturated carbocycles. The highest BCUT2D eigenvalue weighted by Gasteiger charge is 2.51. The third kappa shape index (κ3) is 36.8. The SMILES string of the molecule is CC/C=C\C/C=C\C/C=C\C/C=C\C/C=C\C/C=C\C/C=C\CCCC(=O)OC(COCCCCCCCCCC/C=C\CCCCCCCCC)COP(=O)(O)OC1C(O)C(O)C(O)C(O)C1O. The Kier molecular flexibility index (Phi) is 42.1. The summed E-state index contributed by atoms with van der Waals surface area (Å²) in [6, 6.07) is 0. The number of rotatable bonds is 44. The molecular weight excluding hydrogens is 896 g/mol. The predicted molar refractivity (Wildman–Crippen MR) is 281 cm³/mol. The Bertz CT molecular complexity index is 1500. The summed E-state index contributed by atoms with van der Waals surface area (Å²) >= 11 is 0. The zero-order chi connectivity index (χ0) is 50.5. The summed E-state index contributed by atoms with van der Waals surface area (Å²) in [6.45, 7) is 4.08. The van der Waals surface area contributed by atoms with Crippen LogP contribution in [0.2, 0.25) is 0 Å². The van der Waals surface area contributed by atoms with Gasteiger partial charge in [0.25, 0.3) is 0 Å². The van der Waals surface area contributed by atoms with E-state index in [1.807, 2.05) is 12.2 Å². The number of allylic oxidation sites excluding steroid dienone is 16. The average Bonchev–Trinajstić information content (AvgIpc) is 3.34. The Hall–Kier alpha value is -2.74. The van der Waals surface area contributed by atoms with Gasteiger partial charge < -0.3 is 39.9 Å². The minimum atomic E-state index is -5.05. The molecule has 69 heavy (non-hydrogen) atoms. The number of unbranched alkanes of at least 4 members (excludes halogenated alkanes) is 16. The highest BCUT2D eigenvalue weighted by molar-refractivity contribution is 7.47. The van der Waals surface area contributed by atoms with Gasteiger partial charge in [0.1, 0.15) is 42.7 Å². The summed E-state index contributed by atoms with van der Waals surface area (Å²) in [4.78, 5) is 23.2. The molecule has 6 atom stereocenters. The molecule has 0 aliphatic heterocycles. The molecule has 0 aromatic heterocycles. The fourth-order valence-electron chi connectivity index (χ4n) is 7.52.